The first kappa shape index (κ1) is 14.5. The highest BCUT2D eigenvalue weighted by Gasteiger charge is 2.41. The van der Waals surface area contributed by atoms with E-state index in [1.807, 2.05) is 0 Å². The quantitative estimate of drug-likeness (QED) is 0.606. The fourth-order valence-corrected chi connectivity index (χ4v) is 2.03. The highest BCUT2D eigenvalue weighted by atomic mass is 16.5. The Bertz CT molecular complexity index is 251. The van der Waals surface area contributed by atoms with Gasteiger partial charge in [-0.25, -0.2) is 0 Å². The lowest BCUT2D eigenvalue weighted by atomic mass is 9.79. The van der Waals surface area contributed by atoms with Crippen molar-refractivity contribution in [3.8, 4) is 0 Å². The average Bonchev–Trinajstić information content (AvgIpc) is 3.05. The normalized spacial score (nSPS) is 19.3. The van der Waals surface area contributed by atoms with Gasteiger partial charge >= 0.3 is 5.97 Å². The molecule has 0 bridgehead atoms. The summed E-state index contributed by atoms with van der Waals surface area (Å²) in [4.78, 5) is 11.4. The molecule has 4 nitrogen and oxygen atoms in total. The fourth-order valence-electron chi connectivity index (χ4n) is 2.03. The molecule has 3 N–H and O–H groups in total. The first-order valence-electron chi connectivity index (χ1n) is 6.51. The summed E-state index contributed by atoms with van der Waals surface area (Å²) < 4.78 is 5.49. The molecule has 0 saturated heterocycles. The molecule has 0 spiro atoms. The fraction of sp³-hybridized carbons (Fsp3) is 0.923. The molecule has 0 aromatic carbocycles. The van der Waals surface area contributed by atoms with E-state index < -0.39 is 11.4 Å². The Labute approximate surface area is 104 Å². The average molecular weight is 243 g/mol. The molecule has 0 amide bonds. The second-order valence-corrected chi connectivity index (χ2v) is 5.66. The molecule has 1 rings (SSSR count). The van der Waals surface area contributed by atoms with Crippen LogP contribution in [0.15, 0.2) is 0 Å². The molecule has 17 heavy (non-hydrogen) atoms. The second kappa shape index (κ2) is 6.36. The van der Waals surface area contributed by atoms with Crippen molar-refractivity contribution in [2.45, 2.75) is 39.5 Å². The van der Waals surface area contributed by atoms with Gasteiger partial charge in [0.1, 0.15) is 0 Å². The molecule has 0 radical (unpaired) electrons. The van der Waals surface area contributed by atoms with E-state index in [1.165, 1.54) is 0 Å². The number of carboxylic acids is 1. The number of aliphatic carboxylic acids is 1. The maximum atomic E-state index is 11.4. The van der Waals surface area contributed by atoms with Crippen LogP contribution in [0.25, 0.3) is 0 Å². The van der Waals surface area contributed by atoms with Gasteiger partial charge in [-0.2, -0.15) is 0 Å². The molecule has 100 valence electrons. The van der Waals surface area contributed by atoms with Crippen molar-refractivity contribution < 1.29 is 14.6 Å². The van der Waals surface area contributed by atoms with Crippen LogP contribution in [0.4, 0.5) is 0 Å². The van der Waals surface area contributed by atoms with E-state index in [4.69, 9.17) is 10.5 Å². The Morgan fingerprint density at radius 1 is 1.53 bits per heavy atom. The summed E-state index contributed by atoms with van der Waals surface area (Å²) in [7, 11) is 0. The third kappa shape index (κ3) is 4.64. The standard InChI is InChI=1S/C13H25NO3/c1-10(2)8-17-6-5-13(9-14,12(15)16)7-11-3-4-11/h10-11H,3-9,14H2,1-2H3,(H,15,16). The molecule has 0 aromatic heterocycles. The number of carboxylic acid groups (broad SMARTS) is 1. The zero-order chi connectivity index (χ0) is 12.9. The lowest BCUT2D eigenvalue weighted by Crippen LogP contribution is -2.40. The van der Waals surface area contributed by atoms with Gasteiger partial charge in [0.25, 0.3) is 0 Å². The molecular weight excluding hydrogens is 218 g/mol. The van der Waals surface area contributed by atoms with E-state index in [1.54, 1.807) is 0 Å². The highest BCUT2D eigenvalue weighted by Crippen LogP contribution is 2.41. The molecule has 1 saturated carbocycles. The van der Waals surface area contributed by atoms with Crippen molar-refractivity contribution in [1.82, 2.24) is 0 Å². The van der Waals surface area contributed by atoms with Gasteiger partial charge in [0.15, 0.2) is 0 Å². The van der Waals surface area contributed by atoms with E-state index >= 15 is 0 Å². The van der Waals surface area contributed by atoms with Crippen LogP contribution in [-0.2, 0) is 9.53 Å². The van der Waals surface area contributed by atoms with E-state index in [2.05, 4.69) is 13.8 Å². The molecule has 0 aliphatic heterocycles. The number of rotatable bonds is 9. The molecule has 1 aliphatic rings. The van der Waals surface area contributed by atoms with Crippen molar-refractivity contribution in [3.63, 3.8) is 0 Å². The number of ether oxygens (including phenoxy) is 1. The highest BCUT2D eigenvalue weighted by molar-refractivity contribution is 5.75. The monoisotopic (exact) mass is 243 g/mol. The van der Waals surface area contributed by atoms with Gasteiger partial charge in [-0.15, -0.1) is 0 Å². The summed E-state index contributed by atoms with van der Waals surface area (Å²) in [5.41, 5.74) is 4.92. The van der Waals surface area contributed by atoms with Gasteiger partial charge in [0, 0.05) is 19.8 Å². The van der Waals surface area contributed by atoms with Crippen molar-refractivity contribution in [2.75, 3.05) is 19.8 Å². The summed E-state index contributed by atoms with van der Waals surface area (Å²) in [5.74, 6) is 0.287. The maximum absolute atomic E-state index is 11.4. The van der Waals surface area contributed by atoms with E-state index in [9.17, 15) is 9.90 Å². The first-order valence-corrected chi connectivity index (χ1v) is 6.51. The van der Waals surface area contributed by atoms with Crippen LogP contribution >= 0.6 is 0 Å². The van der Waals surface area contributed by atoms with Gasteiger partial charge in [-0.05, 0) is 24.7 Å². The summed E-state index contributed by atoms with van der Waals surface area (Å²) in [5, 5.41) is 9.37. The van der Waals surface area contributed by atoms with Crippen LogP contribution in [-0.4, -0.2) is 30.8 Å². The molecule has 1 aliphatic carbocycles. The smallest absolute Gasteiger partial charge is 0.311 e. The predicted molar refractivity (Wildman–Crippen MR) is 66.7 cm³/mol. The number of hydrogen-bond acceptors (Lipinski definition) is 3. The SMILES string of the molecule is CC(C)COCCC(CN)(CC1CC1)C(=O)O. The lowest BCUT2D eigenvalue weighted by molar-refractivity contribution is -0.150. The Morgan fingerprint density at radius 2 is 2.18 bits per heavy atom. The van der Waals surface area contributed by atoms with E-state index in [0.29, 0.717) is 37.9 Å². The maximum Gasteiger partial charge on any atom is 0.311 e. The third-order valence-electron chi connectivity index (χ3n) is 3.40. The summed E-state index contributed by atoms with van der Waals surface area (Å²) in [6, 6.07) is 0. The first-order chi connectivity index (χ1) is 8.00. The molecule has 1 fully saturated rings. The minimum absolute atomic E-state index is 0.212. The molecule has 0 aromatic rings. The predicted octanol–water partition coefficient (Wildman–Crippen LogP) is 1.88. The van der Waals surface area contributed by atoms with Crippen LogP contribution in [0.1, 0.15) is 39.5 Å². The van der Waals surface area contributed by atoms with Crippen LogP contribution in [0, 0.1) is 17.3 Å². The minimum atomic E-state index is -0.766. The van der Waals surface area contributed by atoms with Gasteiger partial charge in [-0.3, -0.25) is 4.79 Å². The minimum Gasteiger partial charge on any atom is -0.481 e. The molecule has 0 heterocycles. The Balaban J connectivity index is 2.41. The van der Waals surface area contributed by atoms with Gasteiger partial charge < -0.3 is 15.6 Å². The van der Waals surface area contributed by atoms with E-state index in [0.717, 1.165) is 12.8 Å². The van der Waals surface area contributed by atoms with Crippen molar-refractivity contribution in [1.29, 1.82) is 0 Å². The second-order valence-electron chi connectivity index (χ2n) is 5.66. The van der Waals surface area contributed by atoms with Gasteiger partial charge in [0.2, 0.25) is 0 Å². The van der Waals surface area contributed by atoms with Crippen LogP contribution in [0.5, 0.6) is 0 Å². The molecule has 1 atom stereocenters. The molecule has 4 heteroatoms. The summed E-state index contributed by atoms with van der Waals surface area (Å²) >= 11 is 0. The van der Waals surface area contributed by atoms with Gasteiger partial charge in [0.05, 0.1) is 5.41 Å². The van der Waals surface area contributed by atoms with Crippen molar-refractivity contribution in [2.24, 2.45) is 23.0 Å². The van der Waals surface area contributed by atoms with Gasteiger partial charge in [-0.1, -0.05) is 26.7 Å². The summed E-state index contributed by atoms with van der Waals surface area (Å²) in [6.45, 7) is 5.55. The number of carbonyl (C=O) groups is 1. The Morgan fingerprint density at radius 3 is 2.59 bits per heavy atom. The molecular formula is C13H25NO3. The van der Waals surface area contributed by atoms with Crippen LogP contribution in [0.2, 0.25) is 0 Å². The zero-order valence-electron chi connectivity index (χ0n) is 10.9. The number of nitrogens with two attached hydrogens (primary N) is 1. The zero-order valence-corrected chi connectivity index (χ0v) is 10.9. The van der Waals surface area contributed by atoms with Crippen molar-refractivity contribution >= 4 is 5.97 Å². The summed E-state index contributed by atoms with van der Waals surface area (Å²) in [6.07, 6.45) is 3.55. The van der Waals surface area contributed by atoms with E-state index in [-0.39, 0.29) is 6.54 Å². The van der Waals surface area contributed by atoms with Crippen LogP contribution in [0.3, 0.4) is 0 Å². The lowest BCUT2D eigenvalue weighted by Gasteiger charge is -2.28. The van der Waals surface area contributed by atoms with Crippen molar-refractivity contribution in [3.05, 3.63) is 0 Å². The molecule has 1 unspecified atom stereocenters. The number of hydrogen-bond donors (Lipinski definition) is 2. The van der Waals surface area contributed by atoms with Crippen LogP contribution < -0.4 is 5.73 Å². The Hall–Kier alpha value is -0.610. The third-order valence-corrected chi connectivity index (χ3v) is 3.40. The largest absolute Gasteiger partial charge is 0.481 e. The Kier molecular flexibility index (Phi) is 5.40. The topological polar surface area (TPSA) is 72.5 Å².